The van der Waals surface area contributed by atoms with Gasteiger partial charge in [-0.25, -0.2) is 58.0 Å². The van der Waals surface area contributed by atoms with E-state index in [0.29, 0.717) is 0 Å². The highest BCUT2D eigenvalue weighted by atomic mass is 16.6. The fourth-order valence-corrected chi connectivity index (χ4v) is 6.35. The molecule has 0 heterocycles. The highest BCUT2D eigenvalue weighted by Crippen LogP contribution is 2.36. The van der Waals surface area contributed by atoms with Crippen LogP contribution in [-0.2, 0) is 64.1 Å². The third-order valence-electron chi connectivity index (χ3n) is 8.73. The van der Waals surface area contributed by atoms with Crippen molar-refractivity contribution in [3.05, 3.63) is 46.5 Å². The molecule has 0 saturated heterocycles. The topological polar surface area (TPSA) is 223 Å². The minimum absolute atomic E-state index is 0.107. The first kappa shape index (κ1) is 63.8. The summed E-state index contributed by atoms with van der Waals surface area (Å²) in [6, 6.07) is 6.00. The molecule has 0 bridgehead atoms. The Kier molecular flexibility index (Phi) is 19.9. The van der Waals surface area contributed by atoms with Crippen LogP contribution in [0.2, 0.25) is 0 Å². The van der Waals surface area contributed by atoms with Crippen molar-refractivity contribution in [3.8, 4) is 0 Å². The Morgan fingerprint density at radius 1 is 0.257 bits per heavy atom. The standard InChI is InChI=1S/C54H84N4O16/c1-47(2,3)67-39(59)55(40(60)68-48(4,5)6)29-33-25-26-35(31-57(43(63)71-51(13,14)15)44(64)72-52(16,17)18)38-36(32-58(45(65)73-53(19,20)21)46(66)74-54(22,23)24)28-27-34(37(33)38)30-56(41(61)69-49(7,8)9)42(62)70-50(10,11)12/h25-28H,29-32H2,1-24H3. The molecule has 20 heteroatoms. The quantitative estimate of drug-likeness (QED) is 0.224. The number of amides is 8. The first-order valence-electron chi connectivity index (χ1n) is 24.4. The van der Waals surface area contributed by atoms with Gasteiger partial charge in [-0.3, -0.25) is 0 Å². The van der Waals surface area contributed by atoms with Crippen molar-refractivity contribution in [3.63, 3.8) is 0 Å². The zero-order valence-corrected chi connectivity index (χ0v) is 48.5. The Hall–Kier alpha value is -6.34. The summed E-state index contributed by atoms with van der Waals surface area (Å²) in [5.74, 6) is 0. The maximum atomic E-state index is 14.2. The second-order valence-corrected chi connectivity index (χ2v) is 25.7. The van der Waals surface area contributed by atoms with Crippen LogP contribution in [0, 0.1) is 0 Å². The van der Waals surface area contributed by atoms with Gasteiger partial charge in [0, 0.05) is 0 Å². The fourth-order valence-electron chi connectivity index (χ4n) is 6.35. The van der Waals surface area contributed by atoms with Crippen molar-refractivity contribution in [1.82, 2.24) is 19.6 Å². The van der Waals surface area contributed by atoms with E-state index >= 15 is 0 Å². The van der Waals surface area contributed by atoms with E-state index in [9.17, 15) is 38.4 Å². The van der Waals surface area contributed by atoms with Crippen LogP contribution in [0.3, 0.4) is 0 Å². The average molecular weight is 1050 g/mol. The van der Waals surface area contributed by atoms with Crippen molar-refractivity contribution in [2.45, 2.75) is 237 Å². The van der Waals surface area contributed by atoms with Gasteiger partial charge in [0.15, 0.2) is 0 Å². The molecule has 0 N–H and O–H groups in total. The molecule has 20 nitrogen and oxygen atoms in total. The summed E-state index contributed by atoms with van der Waals surface area (Å²) in [5.41, 5.74) is -8.28. The van der Waals surface area contributed by atoms with Crippen LogP contribution < -0.4 is 0 Å². The summed E-state index contributed by atoms with van der Waals surface area (Å²) in [7, 11) is 0. The Morgan fingerprint density at radius 3 is 0.459 bits per heavy atom. The lowest BCUT2D eigenvalue weighted by Gasteiger charge is -2.32. The average Bonchev–Trinajstić information content (AvgIpc) is 3.11. The Bertz CT molecular complexity index is 1970. The summed E-state index contributed by atoms with van der Waals surface area (Å²) in [4.78, 5) is 116. The lowest BCUT2D eigenvalue weighted by Crippen LogP contribution is -2.44. The van der Waals surface area contributed by atoms with Crippen LogP contribution in [0.5, 0.6) is 0 Å². The number of carbonyl (C=O) groups excluding carboxylic acids is 8. The molecule has 74 heavy (non-hydrogen) atoms. The van der Waals surface area contributed by atoms with Crippen LogP contribution in [0.1, 0.15) is 188 Å². The van der Waals surface area contributed by atoms with Crippen molar-refractivity contribution < 1.29 is 76.3 Å². The molecular formula is C54H84N4O16. The monoisotopic (exact) mass is 1040 g/mol. The van der Waals surface area contributed by atoms with Gasteiger partial charge in [0.2, 0.25) is 0 Å². The van der Waals surface area contributed by atoms with E-state index in [2.05, 4.69) is 0 Å². The summed E-state index contributed by atoms with van der Waals surface area (Å²) >= 11 is 0. The number of fused-ring (bicyclic) bond motifs is 1. The highest BCUT2D eigenvalue weighted by Gasteiger charge is 2.38. The van der Waals surface area contributed by atoms with Gasteiger partial charge in [-0.15, -0.1) is 0 Å². The summed E-state index contributed by atoms with van der Waals surface area (Å²) < 4.78 is 45.8. The zero-order valence-electron chi connectivity index (χ0n) is 48.5. The SMILES string of the molecule is CC(C)(C)OC(=O)N(Cc1ccc(CN(C(=O)OC(C)(C)C)C(=O)OC(C)(C)C)c2c(CN(C(=O)OC(C)(C)C)C(=O)OC(C)(C)C)ccc(CN(C(=O)OC(C)(C)C)C(=O)OC(C)(C)C)c12)C(=O)OC(C)(C)C. The molecule has 0 unspecified atom stereocenters. The number of imide groups is 4. The smallest absolute Gasteiger partial charge is 0.420 e. The second-order valence-electron chi connectivity index (χ2n) is 25.7. The number of hydrogen-bond acceptors (Lipinski definition) is 16. The molecule has 0 atom stereocenters. The predicted molar refractivity (Wildman–Crippen MR) is 276 cm³/mol. The number of rotatable bonds is 8. The van der Waals surface area contributed by atoms with Crippen LogP contribution in [0.15, 0.2) is 24.3 Å². The molecule has 2 aromatic carbocycles. The minimum Gasteiger partial charge on any atom is -0.443 e. The van der Waals surface area contributed by atoms with Crippen molar-refractivity contribution in [2.75, 3.05) is 0 Å². The molecule has 0 saturated carbocycles. The third-order valence-corrected chi connectivity index (χ3v) is 8.73. The molecule has 0 radical (unpaired) electrons. The van der Waals surface area contributed by atoms with Gasteiger partial charge in [0.05, 0.1) is 26.2 Å². The van der Waals surface area contributed by atoms with E-state index in [-0.39, 0.29) is 33.0 Å². The van der Waals surface area contributed by atoms with Gasteiger partial charge in [-0.2, -0.15) is 0 Å². The summed E-state index contributed by atoms with van der Waals surface area (Å²) in [6.45, 7) is 36.2. The van der Waals surface area contributed by atoms with E-state index in [1.165, 1.54) is 24.3 Å². The lowest BCUT2D eigenvalue weighted by atomic mass is 9.90. The Balaban J connectivity index is 3.52. The molecule has 0 aliphatic heterocycles. The largest absolute Gasteiger partial charge is 0.443 e. The molecule has 416 valence electrons. The van der Waals surface area contributed by atoms with Gasteiger partial charge in [-0.1, -0.05) is 24.3 Å². The van der Waals surface area contributed by atoms with E-state index in [1.807, 2.05) is 0 Å². The maximum Gasteiger partial charge on any atom is 0.420 e. The van der Waals surface area contributed by atoms with Crippen molar-refractivity contribution >= 4 is 59.5 Å². The van der Waals surface area contributed by atoms with Crippen molar-refractivity contribution in [2.24, 2.45) is 0 Å². The van der Waals surface area contributed by atoms with Crippen LogP contribution in [-0.4, -0.2) is 113 Å². The third kappa shape index (κ3) is 22.0. The molecule has 0 spiro atoms. The Labute approximate surface area is 437 Å². The van der Waals surface area contributed by atoms with E-state index in [1.54, 1.807) is 166 Å². The number of hydrogen-bond donors (Lipinski definition) is 0. The van der Waals surface area contributed by atoms with Gasteiger partial charge < -0.3 is 37.9 Å². The van der Waals surface area contributed by atoms with E-state index < -0.39 is 120 Å². The summed E-state index contributed by atoms with van der Waals surface area (Å²) in [5, 5.41) is 0.215. The molecule has 8 amide bonds. The van der Waals surface area contributed by atoms with Crippen LogP contribution in [0.4, 0.5) is 38.4 Å². The minimum atomic E-state index is -1.11. The second kappa shape index (κ2) is 23.1. The fraction of sp³-hybridized carbons (Fsp3) is 0.667. The zero-order chi connectivity index (χ0) is 57.7. The Morgan fingerprint density at radius 2 is 0.365 bits per heavy atom. The molecule has 0 aliphatic carbocycles. The van der Waals surface area contributed by atoms with Gasteiger partial charge in [0.1, 0.15) is 44.8 Å². The van der Waals surface area contributed by atoms with Gasteiger partial charge in [0.25, 0.3) is 0 Å². The number of ether oxygens (including phenoxy) is 8. The first-order chi connectivity index (χ1) is 32.9. The molecule has 2 aromatic rings. The molecule has 2 rings (SSSR count). The first-order valence-corrected chi connectivity index (χ1v) is 24.4. The van der Waals surface area contributed by atoms with E-state index in [4.69, 9.17) is 37.9 Å². The molecule has 0 fully saturated rings. The van der Waals surface area contributed by atoms with Crippen LogP contribution in [0.25, 0.3) is 10.8 Å². The molecular weight excluding hydrogens is 961 g/mol. The maximum absolute atomic E-state index is 14.2. The predicted octanol–water partition coefficient (Wildman–Crippen LogP) is 13.5. The number of benzene rings is 2. The number of carbonyl (C=O) groups is 8. The lowest BCUT2D eigenvalue weighted by molar-refractivity contribution is -0.00272. The van der Waals surface area contributed by atoms with Crippen molar-refractivity contribution in [1.29, 1.82) is 0 Å². The van der Waals surface area contributed by atoms with Gasteiger partial charge >= 0.3 is 48.7 Å². The van der Waals surface area contributed by atoms with E-state index in [0.717, 1.165) is 19.6 Å². The number of nitrogens with zero attached hydrogens (tertiary/aromatic N) is 4. The highest BCUT2D eigenvalue weighted by molar-refractivity contribution is 5.98. The summed E-state index contributed by atoms with van der Waals surface area (Å²) in [6.07, 6.45) is -8.83. The molecule has 0 aliphatic rings. The normalized spacial score (nSPS) is 12.7. The van der Waals surface area contributed by atoms with Gasteiger partial charge in [-0.05, 0) is 199 Å². The molecule has 0 aromatic heterocycles. The van der Waals surface area contributed by atoms with Crippen LogP contribution >= 0.6 is 0 Å².